The summed E-state index contributed by atoms with van der Waals surface area (Å²) in [6, 6.07) is 11.3. The van der Waals surface area contributed by atoms with Crippen LogP contribution in [0.5, 0.6) is 0 Å². The fourth-order valence-corrected chi connectivity index (χ4v) is 5.35. The highest BCUT2D eigenvalue weighted by Gasteiger charge is 2.34. The fourth-order valence-electron chi connectivity index (χ4n) is 5.35. The highest BCUT2D eigenvalue weighted by Crippen LogP contribution is 2.40. The van der Waals surface area contributed by atoms with Gasteiger partial charge in [-0.1, -0.05) is 30.3 Å². The third-order valence-electron chi connectivity index (χ3n) is 6.70. The highest BCUT2D eigenvalue weighted by molar-refractivity contribution is 5.55. The second-order valence-electron chi connectivity index (χ2n) is 8.32. The minimum absolute atomic E-state index is 0.337. The summed E-state index contributed by atoms with van der Waals surface area (Å²) in [4.78, 5) is 11.9. The molecular formula is C22H29N5. The van der Waals surface area contributed by atoms with Crippen LogP contribution in [0.4, 0.5) is 11.8 Å². The van der Waals surface area contributed by atoms with E-state index in [0.29, 0.717) is 17.9 Å². The molecule has 3 aliphatic rings. The van der Waals surface area contributed by atoms with E-state index < -0.39 is 0 Å². The van der Waals surface area contributed by atoms with E-state index >= 15 is 0 Å². The predicted octanol–water partition coefficient (Wildman–Crippen LogP) is 3.11. The molecule has 5 heteroatoms. The Labute approximate surface area is 161 Å². The van der Waals surface area contributed by atoms with Crippen molar-refractivity contribution in [2.75, 3.05) is 30.3 Å². The standard InChI is InChI=1S/C22H29N5/c23-22-25-20-17(15-6-2-1-3-7-15)9-4-10-18(20)21(26-22)27-13-11-16-8-5-12-24-19(16)14-27/h1-3,6-7,16-17,19,24H,4-5,8-14H2,(H2,23,25,26)/t16-,17?,19-/m0/s1. The van der Waals surface area contributed by atoms with Crippen molar-refractivity contribution in [1.29, 1.82) is 0 Å². The number of aromatic nitrogens is 2. The quantitative estimate of drug-likeness (QED) is 0.858. The molecule has 2 saturated heterocycles. The van der Waals surface area contributed by atoms with Crippen molar-refractivity contribution >= 4 is 11.8 Å². The lowest BCUT2D eigenvalue weighted by molar-refractivity contribution is 0.241. The molecule has 3 atom stereocenters. The minimum Gasteiger partial charge on any atom is -0.368 e. The van der Waals surface area contributed by atoms with Gasteiger partial charge >= 0.3 is 0 Å². The molecule has 0 saturated carbocycles. The third kappa shape index (κ3) is 3.18. The average Bonchev–Trinajstić information content (AvgIpc) is 2.73. The summed E-state index contributed by atoms with van der Waals surface area (Å²) in [7, 11) is 0. The van der Waals surface area contributed by atoms with Crippen LogP contribution in [0.25, 0.3) is 0 Å². The Morgan fingerprint density at radius 1 is 1.04 bits per heavy atom. The number of anilines is 2. The van der Waals surface area contributed by atoms with E-state index in [1.165, 1.54) is 36.8 Å². The molecule has 1 aliphatic carbocycles. The maximum absolute atomic E-state index is 6.20. The van der Waals surface area contributed by atoms with E-state index in [9.17, 15) is 0 Å². The Morgan fingerprint density at radius 3 is 2.81 bits per heavy atom. The van der Waals surface area contributed by atoms with Crippen LogP contribution in [0.15, 0.2) is 30.3 Å². The molecule has 2 fully saturated rings. The first-order valence-electron chi connectivity index (χ1n) is 10.5. The molecule has 0 bridgehead atoms. The maximum Gasteiger partial charge on any atom is 0.222 e. The Hall–Kier alpha value is -2.14. The first kappa shape index (κ1) is 17.0. The number of nitrogens with one attached hydrogen (secondary N) is 1. The van der Waals surface area contributed by atoms with Crippen LogP contribution in [0.1, 0.15) is 54.8 Å². The van der Waals surface area contributed by atoms with Gasteiger partial charge in [-0.05, 0) is 56.6 Å². The van der Waals surface area contributed by atoms with Crippen LogP contribution >= 0.6 is 0 Å². The van der Waals surface area contributed by atoms with Crippen LogP contribution in [-0.4, -0.2) is 35.6 Å². The largest absolute Gasteiger partial charge is 0.368 e. The number of hydrogen-bond donors (Lipinski definition) is 2. The van der Waals surface area contributed by atoms with Crippen LogP contribution < -0.4 is 16.0 Å². The Bertz CT molecular complexity index is 806. The zero-order chi connectivity index (χ0) is 18.2. The Balaban J connectivity index is 1.50. The summed E-state index contributed by atoms with van der Waals surface area (Å²) >= 11 is 0. The van der Waals surface area contributed by atoms with Crippen molar-refractivity contribution in [3.63, 3.8) is 0 Å². The van der Waals surface area contributed by atoms with E-state index in [2.05, 4.69) is 40.5 Å². The van der Waals surface area contributed by atoms with Crippen LogP contribution in [0.3, 0.4) is 0 Å². The highest BCUT2D eigenvalue weighted by atomic mass is 15.2. The van der Waals surface area contributed by atoms with Crippen LogP contribution in [0, 0.1) is 5.92 Å². The first-order valence-corrected chi connectivity index (χ1v) is 10.5. The first-order chi connectivity index (χ1) is 13.3. The molecule has 5 rings (SSSR count). The number of rotatable bonds is 2. The molecule has 1 aromatic heterocycles. The van der Waals surface area contributed by atoms with E-state index in [4.69, 9.17) is 15.7 Å². The van der Waals surface area contributed by atoms with Gasteiger partial charge in [0.05, 0.1) is 5.69 Å². The van der Waals surface area contributed by atoms with Gasteiger partial charge < -0.3 is 16.0 Å². The van der Waals surface area contributed by atoms with Gasteiger partial charge in [-0.15, -0.1) is 0 Å². The fraction of sp³-hybridized carbons (Fsp3) is 0.545. The lowest BCUT2D eigenvalue weighted by atomic mass is 9.81. The zero-order valence-corrected chi connectivity index (χ0v) is 15.9. The number of benzene rings is 1. The number of fused-ring (bicyclic) bond motifs is 2. The van der Waals surface area contributed by atoms with Gasteiger partial charge in [0.2, 0.25) is 5.95 Å². The summed E-state index contributed by atoms with van der Waals surface area (Å²) in [5.41, 5.74) is 10.0. The van der Waals surface area contributed by atoms with Gasteiger partial charge in [0.1, 0.15) is 5.82 Å². The molecule has 5 nitrogen and oxygen atoms in total. The van der Waals surface area contributed by atoms with Crippen molar-refractivity contribution in [2.24, 2.45) is 5.92 Å². The molecule has 1 aromatic carbocycles. The molecule has 27 heavy (non-hydrogen) atoms. The van der Waals surface area contributed by atoms with Gasteiger partial charge in [-0.25, -0.2) is 4.98 Å². The zero-order valence-electron chi connectivity index (χ0n) is 15.9. The SMILES string of the molecule is Nc1nc2c(c(N3CC[C@@H]4CCCN[C@H]4C3)n1)CCCC2c1ccccc1. The van der Waals surface area contributed by atoms with Crippen molar-refractivity contribution in [1.82, 2.24) is 15.3 Å². The van der Waals surface area contributed by atoms with Gasteiger partial charge in [0.25, 0.3) is 0 Å². The molecule has 0 amide bonds. The van der Waals surface area contributed by atoms with Crippen molar-refractivity contribution in [3.8, 4) is 0 Å². The molecular weight excluding hydrogens is 334 g/mol. The molecule has 0 radical (unpaired) electrons. The smallest absolute Gasteiger partial charge is 0.222 e. The number of hydrogen-bond acceptors (Lipinski definition) is 5. The van der Waals surface area contributed by atoms with Crippen LogP contribution in [0.2, 0.25) is 0 Å². The Morgan fingerprint density at radius 2 is 1.93 bits per heavy atom. The molecule has 1 unspecified atom stereocenters. The van der Waals surface area contributed by atoms with Gasteiger partial charge in [-0.2, -0.15) is 4.98 Å². The average molecular weight is 364 g/mol. The normalized spacial score (nSPS) is 27.7. The van der Waals surface area contributed by atoms with Gasteiger partial charge in [0.15, 0.2) is 0 Å². The number of nitrogen functional groups attached to an aromatic ring is 1. The van der Waals surface area contributed by atoms with E-state index in [-0.39, 0.29) is 0 Å². The van der Waals surface area contributed by atoms with Crippen LogP contribution in [-0.2, 0) is 6.42 Å². The van der Waals surface area contributed by atoms with Gasteiger partial charge in [0, 0.05) is 30.6 Å². The summed E-state index contributed by atoms with van der Waals surface area (Å²) < 4.78 is 0. The second kappa shape index (κ2) is 7.12. The Kier molecular flexibility index (Phi) is 4.48. The third-order valence-corrected chi connectivity index (χ3v) is 6.70. The van der Waals surface area contributed by atoms with Crippen molar-refractivity contribution < 1.29 is 0 Å². The topological polar surface area (TPSA) is 67.1 Å². The summed E-state index contributed by atoms with van der Waals surface area (Å²) in [6.45, 7) is 3.28. The van der Waals surface area contributed by atoms with Crippen molar-refractivity contribution in [2.45, 2.75) is 50.5 Å². The molecule has 3 heterocycles. The minimum atomic E-state index is 0.337. The summed E-state index contributed by atoms with van der Waals surface area (Å²) in [5.74, 6) is 2.68. The van der Waals surface area contributed by atoms with Crippen molar-refractivity contribution in [3.05, 3.63) is 47.2 Å². The molecule has 2 aliphatic heterocycles. The molecule has 0 spiro atoms. The maximum atomic E-state index is 6.20. The summed E-state index contributed by atoms with van der Waals surface area (Å²) in [5, 5.41) is 3.73. The number of nitrogens with zero attached hydrogens (tertiary/aromatic N) is 3. The summed E-state index contributed by atoms with van der Waals surface area (Å²) in [6.07, 6.45) is 7.32. The molecule has 3 N–H and O–H groups in total. The number of nitrogens with two attached hydrogens (primary N) is 1. The van der Waals surface area contributed by atoms with E-state index in [1.807, 2.05) is 0 Å². The number of piperidine rings is 2. The monoisotopic (exact) mass is 363 g/mol. The second-order valence-corrected chi connectivity index (χ2v) is 8.32. The lowest BCUT2D eigenvalue weighted by Gasteiger charge is -2.43. The molecule has 142 valence electrons. The lowest BCUT2D eigenvalue weighted by Crippen LogP contribution is -2.54. The molecule has 2 aromatic rings. The van der Waals surface area contributed by atoms with E-state index in [1.54, 1.807) is 0 Å². The van der Waals surface area contributed by atoms with Gasteiger partial charge in [-0.3, -0.25) is 0 Å². The predicted molar refractivity (Wildman–Crippen MR) is 109 cm³/mol. The van der Waals surface area contributed by atoms with E-state index in [0.717, 1.165) is 49.9 Å².